The van der Waals surface area contributed by atoms with Crippen LogP contribution in [0.3, 0.4) is 0 Å². The van der Waals surface area contributed by atoms with E-state index in [2.05, 4.69) is 36.2 Å². The van der Waals surface area contributed by atoms with Gasteiger partial charge in [0.2, 0.25) is 23.5 Å². The van der Waals surface area contributed by atoms with Crippen LogP contribution >= 0.6 is 0 Å². The Labute approximate surface area is 310 Å². The van der Waals surface area contributed by atoms with Crippen LogP contribution in [-0.4, -0.2) is 85.9 Å². The van der Waals surface area contributed by atoms with E-state index in [4.69, 9.17) is 0 Å². The fourth-order valence-electron chi connectivity index (χ4n) is 8.90. The Morgan fingerprint density at radius 1 is 0.887 bits per heavy atom. The molecule has 2 aliphatic heterocycles. The van der Waals surface area contributed by atoms with Crippen LogP contribution in [0.1, 0.15) is 108 Å². The fraction of sp³-hybridized carbons (Fsp3) is 0.615. The van der Waals surface area contributed by atoms with Crippen molar-refractivity contribution in [3.63, 3.8) is 0 Å². The summed E-state index contributed by atoms with van der Waals surface area (Å²) in [6.07, 6.45) is 14.4. The van der Waals surface area contributed by atoms with Crippen molar-refractivity contribution in [1.29, 1.82) is 0 Å². The van der Waals surface area contributed by atoms with E-state index >= 15 is 0 Å². The maximum atomic E-state index is 14.7. The lowest BCUT2D eigenvalue weighted by Gasteiger charge is -2.38. The second-order valence-corrected chi connectivity index (χ2v) is 16.4. The third-order valence-corrected chi connectivity index (χ3v) is 11.7. The van der Waals surface area contributed by atoms with Crippen LogP contribution in [0, 0.1) is 29.1 Å². The van der Waals surface area contributed by atoms with Gasteiger partial charge in [0, 0.05) is 31.3 Å². The van der Waals surface area contributed by atoms with Gasteiger partial charge < -0.3 is 26.2 Å². The van der Waals surface area contributed by atoms with Crippen LogP contribution in [0.15, 0.2) is 43.1 Å². The average Bonchev–Trinajstić information content (AvgIpc) is 3.72. The van der Waals surface area contributed by atoms with Crippen LogP contribution in [-0.2, 0) is 24.0 Å². The van der Waals surface area contributed by atoms with Crippen molar-refractivity contribution >= 4 is 35.3 Å². The van der Waals surface area contributed by atoms with Gasteiger partial charge in [-0.3, -0.25) is 38.7 Å². The zero-order valence-corrected chi connectivity index (χ0v) is 31.0. The van der Waals surface area contributed by atoms with Gasteiger partial charge in [-0.05, 0) is 92.2 Å². The Balaban J connectivity index is 1.20. The van der Waals surface area contributed by atoms with Crippen molar-refractivity contribution in [2.45, 2.75) is 116 Å². The molecule has 14 heteroatoms. The molecule has 2 aromatic rings. The second kappa shape index (κ2) is 16.1. The molecule has 4 N–H and O–H groups in total. The van der Waals surface area contributed by atoms with Crippen molar-refractivity contribution in [2.24, 2.45) is 29.1 Å². The van der Waals surface area contributed by atoms with Gasteiger partial charge >= 0.3 is 0 Å². The maximum absolute atomic E-state index is 14.7. The molecule has 4 fully saturated rings. The van der Waals surface area contributed by atoms with Crippen molar-refractivity contribution in [1.82, 2.24) is 41.1 Å². The van der Waals surface area contributed by atoms with E-state index in [-0.39, 0.29) is 35.3 Å². The van der Waals surface area contributed by atoms with Crippen LogP contribution in [0.5, 0.6) is 0 Å². The summed E-state index contributed by atoms with van der Waals surface area (Å²) in [4.78, 5) is 96.7. The smallest absolute Gasteiger partial charge is 0.290 e. The van der Waals surface area contributed by atoms with Crippen LogP contribution in [0.4, 0.5) is 0 Å². The van der Waals surface area contributed by atoms with Gasteiger partial charge in [-0.1, -0.05) is 40.0 Å². The van der Waals surface area contributed by atoms with E-state index in [0.29, 0.717) is 19.4 Å². The summed E-state index contributed by atoms with van der Waals surface area (Å²) in [6.45, 7) is 7.72. The predicted octanol–water partition coefficient (Wildman–Crippen LogP) is 2.66. The third-order valence-electron chi connectivity index (χ3n) is 11.7. The van der Waals surface area contributed by atoms with E-state index in [1.807, 2.05) is 20.8 Å². The van der Waals surface area contributed by atoms with Gasteiger partial charge in [0.15, 0.2) is 0 Å². The highest BCUT2D eigenvalue weighted by Crippen LogP contribution is 2.48. The zero-order valence-electron chi connectivity index (χ0n) is 31.0. The summed E-state index contributed by atoms with van der Waals surface area (Å²) in [5.41, 5.74) is 0.132. The summed E-state index contributed by atoms with van der Waals surface area (Å²) in [5.74, 6) is -3.18. The summed E-state index contributed by atoms with van der Waals surface area (Å²) >= 11 is 0. The Morgan fingerprint density at radius 2 is 1.62 bits per heavy atom. The SMILES string of the molecule is C[C@H](NC(=O)C(=O)[C@@H]1CCC2C[C@H]3CN(C(=O)[C@@H](NC(=O)[C@@H](NC(=O)c4cnccn4)C4CCCCC4)C(C)(C)C)[C@H](C(=O)N1)[C@H]3C2)c1ccncc1. The highest BCUT2D eigenvalue weighted by Gasteiger charge is 2.55. The first-order valence-electron chi connectivity index (χ1n) is 19.0. The minimum absolute atomic E-state index is 0.0928. The molecule has 8 atom stereocenters. The molecule has 2 bridgehead atoms. The maximum Gasteiger partial charge on any atom is 0.290 e. The van der Waals surface area contributed by atoms with Gasteiger partial charge in [0.05, 0.1) is 18.3 Å². The number of hydrogen-bond acceptors (Lipinski definition) is 9. The highest BCUT2D eigenvalue weighted by molar-refractivity contribution is 6.38. The van der Waals surface area contributed by atoms with Crippen LogP contribution in [0.2, 0.25) is 0 Å². The predicted molar refractivity (Wildman–Crippen MR) is 193 cm³/mol. The number of aromatic nitrogens is 3. The monoisotopic (exact) mass is 728 g/mol. The summed E-state index contributed by atoms with van der Waals surface area (Å²) in [6, 6.07) is -0.711. The van der Waals surface area contributed by atoms with Gasteiger partial charge in [0.25, 0.3) is 11.8 Å². The van der Waals surface area contributed by atoms with Gasteiger partial charge in [0.1, 0.15) is 23.8 Å². The van der Waals surface area contributed by atoms with E-state index in [9.17, 15) is 28.8 Å². The lowest BCUT2D eigenvalue weighted by Crippen LogP contribution is -2.62. The summed E-state index contributed by atoms with van der Waals surface area (Å²) in [5, 5.41) is 11.5. The Bertz CT molecular complexity index is 1680. The van der Waals surface area contributed by atoms with Gasteiger partial charge in [-0.15, -0.1) is 0 Å². The van der Waals surface area contributed by atoms with Crippen molar-refractivity contribution in [3.05, 3.63) is 54.4 Å². The number of carbonyl (C=O) groups is 6. The number of hydrogen-bond donors (Lipinski definition) is 4. The molecule has 2 saturated heterocycles. The molecule has 14 nitrogen and oxygen atoms in total. The number of nitrogens with one attached hydrogen (secondary N) is 4. The average molecular weight is 729 g/mol. The fourth-order valence-corrected chi connectivity index (χ4v) is 8.90. The Hall–Kier alpha value is -4.75. The molecule has 4 heterocycles. The first-order valence-corrected chi connectivity index (χ1v) is 19.0. The van der Waals surface area contributed by atoms with E-state index in [1.165, 1.54) is 18.6 Å². The number of amides is 5. The molecular formula is C39H52N8O6. The molecule has 0 spiro atoms. The molecule has 2 aromatic heterocycles. The molecule has 284 valence electrons. The zero-order chi connectivity index (χ0) is 37.9. The highest BCUT2D eigenvalue weighted by atomic mass is 16.2. The Morgan fingerprint density at radius 3 is 2.30 bits per heavy atom. The van der Waals surface area contributed by atoms with Crippen molar-refractivity contribution in [3.8, 4) is 0 Å². The first kappa shape index (κ1) is 38.0. The number of rotatable bonds is 10. The number of nitrogens with zero attached hydrogens (tertiary/aromatic N) is 4. The van der Waals surface area contributed by atoms with E-state index in [0.717, 1.165) is 50.5 Å². The molecule has 53 heavy (non-hydrogen) atoms. The number of ketones is 1. The summed E-state index contributed by atoms with van der Waals surface area (Å²) in [7, 11) is 0. The molecule has 2 saturated carbocycles. The topological polar surface area (TPSA) is 192 Å². The number of carbonyl (C=O) groups excluding carboxylic acids is 6. The molecule has 0 radical (unpaired) electrons. The lowest BCUT2D eigenvalue weighted by molar-refractivity contribution is -0.146. The number of fused-ring (bicyclic) bond motifs is 1. The molecule has 1 unspecified atom stereocenters. The number of pyridine rings is 1. The van der Waals surface area contributed by atoms with Gasteiger partial charge in [-0.25, -0.2) is 4.98 Å². The standard InChI is InChI=1S/C39H52N8O6/c1-22(24-12-14-40-15-13-24)43-37(52)32(48)28-11-10-23-18-26-21-47(31(27(26)19-23)36(51)44-28)38(53)33(39(2,3)4)46-35(50)30(25-8-6-5-7-9-25)45-34(49)29-20-41-16-17-42-29/h12-17,20,22-23,25-28,30-31,33H,5-11,18-19,21H2,1-4H3,(H,43,52)(H,44,51)(H,45,49)(H,46,50)/t22-,23?,26-,27-,28-,30-,31-,33+/m0/s1. The normalized spacial score (nSPS) is 26.2. The molecule has 0 aromatic carbocycles. The first-order chi connectivity index (χ1) is 25.3. The van der Waals surface area contributed by atoms with E-state index in [1.54, 1.807) is 36.4 Å². The van der Waals surface area contributed by atoms with Gasteiger partial charge in [-0.2, -0.15) is 0 Å². The Kier molecular flexibility index (Phi) is 11.5. The third kappa shape index (κ3) is 8.57. The molecule has 6 rings (SSSR count). The molecular weight excluding hydrogens is 676 g/mol. The largest absolute Gasteiger partial charge is 0.344 e. The van der Waals surface area contributed by atoms with E-state index < -0.39 is 65.0 Å². The molecule has 2 aliphatic carbocycles. The minimum Gasteiger partial charge on any atom is -0.344 e. The minimum atomic E-state index is -1.03. The lowest BCUT2D eigenvalue weighted by atomic mass is 9.82. The second-order valence-electron chi connectivity index (χ2n) is 16.4. The molecule has 5 amide bonds. The summed E-state index contributed by atoms with van der Waals surface area (Å²) < 4.78 is 0. The van der Waals surface area contributed by atoms with Crippen LogP contribution in [0.25, 0.3) is 0 Å². The number of likely N-dealkylation sites (tertiary alicyclic amines) is 1. The van der Waals surface area contributed by atoms with Crippen molar-refractivity contribution in [2.75, 3.05) is 6.54 Å². The van der Waals surface area contributed by atoms with Crippen molar-refractivity contribution < 1.29 is 28.8 Å². The quantitative estimate of drug-likeness (QED) is 0.266. The van der Waals surface area contributed by atoms with Crippen LogP contribution < -0.4 is 21.3 Å². The number of Topliss-reactive ketones (excluding diaryl/α,β-unsaturated/α-hetero) is 1. The molecule has 4 aliphatic rings.